The van der Waals surface area contributed by atoms with E-state index in [0.29, 0.717) is 16.3 Å². The van der Waals surface area contributed by atoms with Crippen LogP contribution in [0.15, 0.2) is 18.2 Å². The quantitative estimate of drug-likeness (QED) is 0.669. The van der Waals surface area contributed by atoms with E-state index in [4.69, 9.17) is 30.1 Å². The summed E-state index contributed by atoms with van der Waals surface area (Å²) >= 11 is 5.98. The first kappa shape index (κ1) is 17.5. The Balaban J connectivity index is 3.19. The van der Waals surface area contributed by atoms with Gasteiger partial charge in [0.1, 0.15) is 5.75 Å². The summed E-state index contributed by atoms with van der Waals surface area (Å²) in [6, 6.07) is 5.04. The first-order valence-corrected chi connectivity index (χ1v) is 8.26. The molecular formula is C13H20ClO5P. The molecule has 0 aliphatic rings. The average molecular weight is 323 g/mol. The Bertz CT molecular complexity index is 470. The van der Waals surface area contributed by atoms with Gasteiger partial charge >= 0.3 is 7.60 Å². The topological polar surface area (TPSA) is 54.0 Å². The van der Waals surface area contributed by atoms with Gasteiger partial charge in [-0.25, -0.2) is 0 Å². The first-order chi connectivity index (χ1) is 9.52. The minimum atomic E-state index is -3.42. The summed E-state index contributed by atoms with van der Waals surface area (Å²) in [5.74, 6) is -0.348. The minimum absolute atomic E-state index is 0.266. The Morgan fingerprint density at radius 2 is 1.80 bits per heavy atom. The Labute approximate surface area is 124 Å². The normalized spacial score (nSPS) is 13.2. The van der Waals surface area contributed by atoms with Gasteiger partial charge in [-0.2, -0.15) is 0 Å². The molecule has 1 atom stereocenters. The molecule has 0 amide bonds. The number of halogens is 1. The van der Waals surface area contributed by atoms with Crippen molar-refractivity contribution < 1.29 is 23.1 Å². The fraction of sp³-hybridized carbons (Fsp3) is 0.538. The summed E-state index contributed by atoms with van der Waals surface area (Å²) in [4.78, 5) is 0. The zero-order chi connectivity index (χ0) is 15.2. The van der Waals surface area contributed by atoms with Crippen LogP contribution in [-0.4, -0.2) is 27.4 Å². The van der Waals surface area contributed by atoms with Crippen molar-refractivity contribution in [3.8, 4) is 5.75 Å². The Morgan fingerprint density at radius 1 is 1.20 bits per heavy atom. The van der Waals surface area contributed by atoms with E-state index in [9.17, 15) is 4.57 Å². The molecule has 114 valence electrons. The van der Waals surface area contributed by atoms with Crippen molar-refractivity contribution in [3.63, 3.8) is 0 Å². The number of hydrogen-bond acceptors (Lipinski definition) is 5. The molecule has 0 heterocycles. The number of ether oxygens (including phenoxy) is 2. The van der Waals surface area contributed by atoms with E-state index in [0.717, 1.165) is 0 Å². The second-order valence-corrected chi connectivity index (χ2v) is 6.33. The van der Waals surface area contributed by atoms with Gasteiger partial charge in [0, 0.05) is 7.11 Å². The lowest BCUT2D eigenvalue weighted by Crippen LogP contribution is -2.09. The molecule has 0 radical (unpaired) electrons. The highest BCUT2D eigenvalue weighted by molar-refractivity contribution is 7.54. The highest BCUT2D eigenvalue weighted by Gasteiger charge is 2.37. The van der Waals surface area contributed by atoms with Crippen molar-refractivity contribution in [1.29, 1.82) is 0 Å². The van der Waals surface area contributed by atoms with Crippen LogP contribution in [0.5, 0.6) is 5.75 Å². The smallest absolute Gasteiger partial charge is 0.363 e. The molecule has 7 heteroatoms. The number of benzene rings is 1. The van der Waals surface area contributed by atoms with Crippen molar-refractivity contribution in [2.75, 3.05) is 27.4 Å². The van der Waals surface area contributed by atoms with Crippen LogP contribution in [0.4, 0.5) is 0 Å². The summed E-state index contributed by atoms with van der Waals surface area (Å²) in [6.45, 7) is 4.03. The molecule has 0 aromatic heterocycles. The van der Waals surface area contributed by atoms with Gasteiger partial charge in [-0.05, 0) is 31.5 Å². The van der Waals surface area contributed by atoms with Gasteiger partial charge in [-0.3, -0.25) is 4.57 Å². The Hall–Kier alpha value is -0.580. The number of methoxy groups -OCH3 is 2. The van der Waals surface area contributed by atoms with Crippen molar-refractivity contribution in [3.05, 3.63) is 28.8 Å². The molecule has 0 fully saturated rings. The van der Waals surface area contributed by atoms with Crippen LogP contribution in [0, 0.1) is 0 Å². The lowest BCUT2D eigenvalue weighted by Gasteiger charge is -2.25. The second kappa shape index (κ2) is 8.01. The van der Waals surface area contributed by atoms with E-state index in [2.05, 4.69) is 0 Å². The van der Waals surface area contributed by atoms with E-state index in [-0.39, 0.29) is 13.2 Å². The predicted octanol–water partition coefficient (Wildman–Crippen LogP) is 4.26. The van der Waals surface area contributed by atoms with Crippen LogP contribution in [0.25, 0.3) is 0 Å². The molecular weight excluding hydrogens is 303 g/mol. The maximum atomic E-state index is 12.8. The van der Waals surface area contributed by atoms with Gasteiger partial charge < -0.3 is 18.5 Å². The molecule has 1 aromatic rings. The molecule has 5 nitrogen and oxygen atoms in total. The second-order valence-electron chi connectivity index (χ2n) is 3.86. The molecule has 0 aliphatic heterocycles. The van der Waals surface area contributed by atoms with Crippen molar-refractivity contribution >= 4 is 19.2 Å². The van der Waals surface area contributed by atoms with Gasteiger partial charge in [0.25, 0.3) is 0 Å². The van der Waals surface area contributed by atoms with E-state index < -0.39 is 13.4 Å². The molecule has 20 heavy (non-hydrogen) atoms. The van der Waals surface area contributed by atoms with E-state index in [1.807, 2.05) is 0 Å². The summed E-state index contributed by atoms with van der Waals surface area (Å²) < 4.78 is 33.9. The van der Waals surface area contributed by atoms with Crippen molar-refractivity contribution in [1.82, 2.24) is 0 Å². The molecule has 1 aromatic carbocycles. The van der Waals surface area contributed by atoms with Crippen LogP contribution < -0.4 is 4.74 Å². The summed E-state index contributed by atoms with van der Waals surface area (Å²) in [5.41, 5.74) is 0.624. The standard InChI is InChI=1S/C13H20ClO5P/c1-5-18-20(15,19-6-2)13(17-4)10-7-8-11(14)12(9-10)16-3/h7-9,13H,5-6H2,1-4H3. The summed E-state index contributed by atoms with van der Waals surface area (Å²) in [5, 5.41) is 0.466. The molecule has 0 bridgehead atoms. The molecule has 0 N–H and O–H groups in total. The monoisotopic (exact) mass is 322 g/mol. The molecule has 0 spiro atoms. The largest absolute Gasteiger partial charge is 0.495 e. The minimum Gasteiger partial charge on any atom is -0.495 e. The van der Waals surface area contributed by atoms with Gasteiger partial charge in [-0.1, -0.05) is 17.7 Å². The SMILES string of the molecule is CCOP(=O)(OCC)C(OC)c1ccc(Cl)c(OC)c1. The molecule has 1 rings (SSSR count). The van der Waals surface area contributed by atoms with Crippen LogP contribution >= 0.6 is 19.2 Å². The third-order valence-corrected chi connectivity index (χ3v) is 5.22. The highest BCUT2D eigenvalue weighted by atomic mass is 35.5. The third-order valence-electron chi connectivity index (χ3n) is 2.59. The maximum Gasteiger partial charge on any atom is 0.363 e. The van der Waals surface area contributed by atoms with Crippen molar-refractivity contribution in [2.45, 2.75) is 19.7 Å². The van der Waals surface area contributed by atoms with Gasteiger partial charge in [0.2, 0.25) is 0 Å². The molecule has 0 saturated carbocycles. The molecule has 0 saturated heterocycles. The lowest BCUT2D eigenvalue weighted by molar-refractivity contribution is 0.109. The van der Waals surface area contributed by atoms with Crippen LogP contribution in [0.2, 0.25) is 5.02 Å². The Morgan fingerprint density at radius 3 is 2.25 bits per heavy atom. The fourth-order valence-electron chi connectivity index (χ4n) is 1.81. The van der Waals surface area contributed by atoms with Gasteiger partial charge in [0.15, 0.2) is 5.85 Å². The van der Waals surface area contributed by atoms with Gasteiger partial charge in [0.05, 0.1) is 25.3 Å². The zero-order valence-corrected chi connectivity index (χ0v) is 13.7. The molecule has 0 aliphatic carbocycles. The van der Waals surface area contributed by atoms with Crippen LogP contribution in [0.1, 0.15) is 25.3 Å². The fourth-order valence-corrected chi connectivity index (χ4v) is 3.85. The van der Waals surface area contributed by atoms with Crippen molar-refractivity contribution in [2.24, 2.45) is 0 Å². The van der Waals surface area contributed by atoms with Crippen LogP contribution in [-0.2, 0) is 18.3 Å². The first-order valence-electron chi connectivity index (χ1n) is 6.27. The average Bonchev–Trinajstić information content (AvgIpc) is 2.41. The lowest BCUT2D eigenvalue weighted by atomic mass is 10.2. The van der Waals surface area contributed by atoms with E-state index in [1.165, 1.54) is 14.2 Å². The predicted molar refractivity (Wildman–Crippen MR) is 78.6 cm³/mol. The maximum absolute atomic E-state index is 12.8. The summed E-state index contributed by atoms with van der Waals surface area (Å²) in [6.07, 6.45) is 0. The number of hydrogen-bond donors (Lipinski definition) is 0. The summed E-state index contributed by atoms with van der Waals surface area (Å²) in [7, 11) is -0.452. The highest BCUT2D eigenvalue weighted by Crippen LogP contribution is 2.61. The van der Waals surface area contributed by atoms with E-state index >= 15 is 0 Å². The number of rotatable bonds is 8. The van der Waals surface area contributed by atoms with Gasteiger partial charge in [-0.15, -0.1) is 0 Å². The van der Waals surface area contributed by atoms with E-state index in [1.54, 1.807) is 32.0 Å². The van der Waals surface area contributed by atoms with Crippen LogP contribution in [0.3, 0.4) is 0 Å². The zero-order valence-electron chi connectivity index (χ0n) is 12.1. The molecule has 1 unspecified atom stereocenters. The Kier molecular flexibility index (Phi) is 7.00. The third kappa shape index (κ3) is 3.96.